The summed E-state index contributed by atoms with van der Waals surface area (Å²) in [4.78, 5) is 12.1. The van der Waals surface area contributed by atoms with Crippen molar-refractivity contribution < 1.29 is 62.2 Å². The zero-order valence-corrected chi connectivity index (χ0v) is 32.8. The number of fused-ring (bicyclic) bond motifs is 4. The van der Waals surface area contributed by atoms with Gasteiger partial charge in [0.2, 0.25) is 0 Å². The summed E-state index contributed by atoms with van der Waals surface area (Å²) in [6.07, 6.45) is -8.95. The second-order valence-corrected chi connectivity index (χ2v) is 15.9. The van der Waals surface area contributed by atoms with E-state index in [-0.39, 0.29) is 54.2 Å². The predicted molar refractivity (Wildman–Crippen MR) is 206 cm³/mol. The van der Waals surface area contributed by atoms with Gasteiger partial charge < -0.3 is 25.0 Å². The van der Waals surface area contributed by atoms with Gasteiger partial charge in [0.25, 0.3) is 0 Å². The Kier molecular flexibility index (Phi) is 12.3. The second-order valence-electron chi connectivity index (χ2n) is 15.9. The molecule has 334 valence electrons. The molecule has 0 aliphatic carbocycles. The van der Waals surface area contributed by atoms with E-state index in [0.29, 0.717) is 48.6 Å². The second kappa shape index (κ2) is 17.1. The highest BCUT2D eigenvalue weighted by Crippen LogP contribution is 2.44. The minimum atomic E-state index is -4.48. The van der Waals surface area contributed by atoms with Gasteiger partial charge in [0, 0.05) is 62.2 Å². The van der Waals surface area contributed by atoms with E-state index in [0.717, 1.165) is 74.5 Å². The van der Waals surface area contributed by atoms with Gasteiger partial charge in [-0.25, -0.2) is 9.97 Å². The van der Waals surface area contributed by atoms with Crippen LogP contribution in [0, 0.1) is 0 Å². The Morgan fingerprint density at radius 1 is 0.548 bits per heavy atom. The van der Waals surface area contributed by atoms with Gasteiger partial charge in [-0.15, -0.1) is 6.58 Å². The summed E-state index contributed by atoms with van der Waals surface area (Å²) in [5.74, 6) is 1.60. The summed E-state index contributed by atoms with van der Waals surface area (Å²) in [7, 11) is 0. The van der Waals surface area contributed by atoms with Gasteiger partial charge in [-0.1, -0.05) is 6.08 Å². The van der Waals surface area contributed by atoms with Crippen LogP contribution in [0.3, 0.4) is 0 Å². The van der Waals surface area contributed by atoms with Crippen LogP contribution in [0.2, 0.25) is 0 Å². The Morgan fingerprint density at radius 2 is 0.919 bits per heavy atom. The molecule has 2 N–H and O–H groups in total. The quantitative estimate of drug-likeness (QED) is 0.107. The summed E-state index contributed by atoms with van der Waals surface area (Å²) in [5, 5.41) is 0. The van der Waals surface area contributed by atoms with Gasteiger partial charge >= 0.3 is 24.7 Å². The molecular weight excluding hydrogens is 846 g/mol. The Morgan fingerprint density at radius 3 is 1.27 bits per heavy atom. The third-order valence-electron chi connectivity index (χ3n) is 11.7. The number of allylic oxidation sites excluding steroid dienone is 1. The van der Waals surface area contributed by atoms with Gasteiger partial charge in [-0.05, 0) is 98.3 Å². The van der Waals surface area contributed by atoms with E-state index in [2.05, 4.69) is 21.4 Å². The van der Waals surface area contributed by atoms with Gasteiger partial charge in [0.1, 0.15) is 35.3 Å². The first-order chi connectivity index (χ1) is 29.1. The molecule has 0 saturated carbocycles. The van der Waals surface area contributed by atoms with E-state index in [4.69, 9.17) is 15.2 Å². The molecule has 8 rings (SSSR count). The molecule has 4 saturated heterocycles. The van der Waals surface area contributed by atoms with Crippen molar-refractivity contribution in [2.45, 2.75) is 119 Å². The normalized spacial score (nSPS) is 23.7. The first-order valence-electron chi connectivity index (χ1n) is 19.8. The number of ether oxygens (including phenoxy) is 2. The van der Waals surface area contributed by atoms with Crippen molar-refractivity contribution in [3.05, 3.63) is 114 Å². The Hall–Kier alpha value is -5.36. The van der Waals surface area contributed by atoms with Crippen LogP contribution in [0.1, 0.15) is 79.2 Å². The molecule has 4 aromatic rings. The number of nitrogens with two attached hydrogens (primary N) is 1. The minimum absolute atomic E-state index is 0.0358. The lowest BCUT2D eigenvalue weighted by Crippen LogP contribution is -2.47. The molecule has 4 fully saturated rings. The molecule has 0 amide bonds. The van der Waals surface area contributed by atoms with Crippen molar-refractivity contribution in [2.24, 2.45) is 0 Å². The number of aromatic nitrogens is 2. The lowest BCUT2D eigenvalue weighted by molar-refractivity contribution is -0.138. The fourth-order valence-corrected chi connectivity index (χ4v) is 8.98. The Bertz CT molecular complexity index is 2160. The highest BCUT2D eigenvalue weighted by atomic mass is 19.4. The Labute approximate surface area is 348 Å². The SMILES string of the molecule is C=CCc1cc(C(F)(F)F)ccc1OC1C[C@H]2CC[C@@H](C1)N2c1ccc(C(F)(F)F)cn1.Nc1cc(C(F)(F)F)ccc1OC1C[C@H]2CC[C@@H](C1)N2c1ccc(C(F)(F)F)cn1. The van der Waals surface area contributed by atoms with Crippen molar-refractivity contribution in [1.82, 2.24) is 9.97 Å². The minimum Gasteiger partial charge on any atom is -0.490 e. The number of anilines is 3. The largest absolute Gasteiger partial charge is 0.490 e. The van der Waals surface area contributed by atoms with Gasteiger partial charge in [0.15, 0.2) is 0 Å². The van der Waals surface area contributed by atoms with Gasteiger partial charge in [-0.3, -0.25) is 0 Å². The Balaban J connectivity index is 0.000000187. The number of benzene rings is 2. The van der Waals surface area contributed by atoms with Crippen LogP contribution in [0.25, 0.3) is 0 Å². The number of hydrogen-bond acceptors (Lipinski definition) is 7. The number of alkyl halides is 12. The fraction of sp³-hybridized carbons (Fsp3) is 0.442. The van der Waals surface area contributed by atoms with E-state index in [1.807, 2.05) is 4.90 Å². The molecule has 2 aromatic carbocycles. The van der Waals surface area contributed by atoms with Crippen LogP contribution in [-0.2, 0) is 31.1 Å². The van der Waals surface area contributed by atoms with Crippen LogP contribution >= 0.6 is 0 Å². The maximum Gasteiger partial charge on any atom is 0.417 e. The molecule has 7 nitrogen and oxygen atoms in total. The van der Waals surface area contributed by atoms with Gasteiger partial charge in [0.05, 0.1) is 27.9 Å². The molecule has 4 bridgehead atoms. The summed E-state index contributed by atoms with van der Waals surface area (Å²) in [6.45, 7) is 3.61. The van der Waals surface area contributed by atoms with Crippen molar-refractivity contribution in [3.63, 3.8) is 0 Å². The van der Waals surface area contributed by atoms with E-state index >= 15 is 0 Å². The van der Waals surface area contributed by atoms with E-state index in [1.165, 1.54) is 30.3 Å². The summed E-state index contributed by atoms with van der Waals surface area (Å²) in [5.41, 5.74) is 2.94. The molecule has 2 aromatic heterocycles. The zero-order valence-electron chi connectivity index (χ0n) is 32.8. The van der Waals surface area contributed by atoms with Crippen molar-refractivity contribution >= 4 is 17.3 Å². The molecule has 62 heavy (non-hydrogen) atoms. The average Bonchev–Trinajstić information content (AvgIpc) is 3.62. The first kappa shape index (κ1) is 44.7. The number of nitrogen functional groups attached to an aromatic ring is 1. The maximum absolute atomic E-state index is 13.1. The summed E-state index contributed by atoms with van der Waals surface area (Å²) in [6, 6.07) is 11.5. The topological polar surface area (TPSA) is 76.7 Å². The monoisotopic (exact) mass is 887 g/mol. The van der Waals surface area contributed by atoms with E-state index < -0.39 is 47.0 Å². The van der Waals surface area contributed by atoms with E-state index in [9.17, 15) is 52.7 Å². The predicted octanol–water partition coefficient (Wildman–Crippen LogP) is 11.7. The van der Waals surface area contributed by atoms with Crippen LogP contribution < -0.4 is 25.0 Å². The van der Waals surface area contributed by atoms with E-state index in [1.54, 1.807) is 0 Å². The van der Waals surface area contributed by atoms with Crippen molar-refractivity contribution in [1.29, 1.82) is 0 Å². The molecule has 4 aliphatic heterocycles. The molecule has 0 spiro atoms. The molecule has 6 atom stereocenters. The number of hydrogen-bond donors (Lipinski definition) is 1. The van der Waals surface area contributed by atoms with Crippen LogP contribution in [0.15, 0.2) is 85.7 Å². The molecule has 4 aliphatic rings. The lowest BCUT2D eigenvalue weighted by atomic mass is 9.99. The lowest BCUT2D eigenvalue weighted by Gasteiger charge is -2.40. The number of rotatable bonds is 8. The number of piperidine rings is 2. The van der Waals surface area contributed by atoms with Gasteiger partial charge in [-0.2, -0.15) is 52.7 Å². The molecule has 2 unspecified atom stereocenters. The molecule has 0 radical (unpaired) electrons. The van der Waals surface area contributed by atoms with Crippen molar-refractivity contribution in [2.75, 3.05) is 15.5 Å². The molecule has 19 heteroatoms. The van der Waals surface area contributed by atoms with Crippen molar-refractivity contribution in [3.8, 4) is 11.5 Å². The average molecular weight is 888 g/mol. The first-order valence-corrected chi connectivity index (χ1v) is 19.8. The number of nitrogens with zero attached hydrogens (tertiary/aromatic N) is 4. The number of halogens is 12. The highest BCUT2D eigenvalue weighted by Gasteiger charge is 2.45. The molecular formula is C43H41F12N5O2. The van der Waals surface area contributed by atoms with Crippen LogP contribution in [-0.4, -0.2) is 46.3 Å². The third kappa shape index (κ3) is 9.96. The standard InChI is InChI=1S/C23H22F6N2O.C20H19F6N3O/c1-2-3-14-10-15(22(24,25)26)4-8-20(14)32-19-11-17-6-7-18(12-19)31(17)21-9-5-16(13-30-21)23(27,28)29;21-19(22,23)11-1-5-17(16(27)7-11)30-15-8-13-3-4-14(9-15)29(13)18-6-2-12(10-28-18)20(24,25)26/h2,4-5,8-10,13,17-19H,1,3,6-7,11-12H2;1-2,5-7,10,13-15H,3-4,8-9,27H2/t17-,18+,19?;13-,14+,15?. The van der Waals surface area contributed by atoms with Crippen LogP contribution in [0.4, 0.5) is 70.0 Å². The smallest absolute Gasteiger partial charge is 0.417 e. The number of pyridine rings is 2. The summed E-state index contributed by atoms with van der Waals surface area (Å²) >= 11 is 0. The fourth-order valence-electron chi connectivity index (χ4n) is 8.98. The zero-order chi connectivity index (χ0) is 44.8. The molecule has 6 heterocycles. The highest BCUT2D eigenvalue weighted by molar-refractivity contribution is 5.55. The summed E-state index contributed by atoms with van der Waals surface area (Å²) < 4.78 is 166. The maximum atomic E-state index is 13.1. The third-order valence-corrected chi connectivity index (χ3v) is 11.7. The van der Waals surface area contributed by atoms with Crippen LogP contribution in [0.5, 0.6) is 11.5 Å².